The SMILES string of the molecule is NC(=O)C1(O)CCN(Cc2cc(F)cc(Cl)c2)C1=O. The van der Waals surface area contributed by atoms with E-state index in [9.17, 15) is 19.1 Å². The second kappa shape index (κ2) is 4.79. The fourth-order valence-electron chi connectivity index (χ4n) is 2.07. The Morgan fingerprint density at radius 3 is 2.74 bits per heavy atom. The molecule has 1 heterocycles. The van der Waals surface area contributed by atoms with Crippen LogP contribution in [0, 0.1) is 5.82 Å². The topological polar surface area (TPSA) is 83.6 Å². The monoisotopic (exact) mass is 286 g/mol. The number of aliphatic hydroxyl groups is 1. The molecule has 0 aliphatic carbocycles. The number of carbonyl (C=O) groups is 2. The molecule has 1 aliphatic heterocycles. The van der Waals surface area contributed by atoms with Crippen molar-refractivity contribution in [3.8, 4) is 0 Å². The Morgan fingerprint density at radius 2 is 2.21 bits per heavy atom. The van der Waals surface area contributed by atoms with Crippen molar-refractivity contribution in [1.29, 1.82) is 0 Å². The Morgan fingerprint density at radius 1 is 1.53 bits per heavy atom. The molecule has 1 atom stereocenters. The molecule has 0 bridgehead atoms. The third kappa shape index (κ3) is 2.54. The van der Waals surface area contributed by atoms with Gasteiger partial charge in [-0.2, -0.15) is 0 Å². The van der Waals surface area contributed by atoms with E-state index >= 15 is 0 Å². The summed E-state index contributed by atoms with van der Waals surface area (Å²) in [4.78, 5) is 24.2. The third-order valence-electron chi connectivity index (χ3n) is 3.09. The highest BCUT2D eigenvalue weighted by Gasteiger charge is 2.49. The normalized spacial score (nSPS) is 22.9. The minimum Gasteiger partial charge on any atom is -0.372 e. The van der Waals surface area contributed by atoms with E-state index in [4.69, 9.17) is 17.3 Å². The number of carbonyl (C=O) groups excluding carboxylic acids is 2. The molecule has 1 saturated heterocycles. The Kier molecular flexibility index (Phi) is 3.47. The molecule has 1 aliphatic rings. The molecular weight excluding hydrogens is 275 g/mol. The van der Waals surface area contributed by atoms with Crippen LogP contribution in [0.4, 0.5) is 4.39 Å². The molecule has 19 heavy (non-hydrogen) atoms. The van der Waals surface area contributed by atoms with E-state index < -0.39 is 23.2 Å². The van der Waals surface area contributed by atoms with Crippen molar-refractivity contribution in [2.45, 2.75) is 18.6 Å². The standard InChI is InChI=1S/C12H12ClFN2O3/c13-8-3-7(4-9(14)5-8)6-16-2-1-12(19,10(15)17)11(16)18/h3-5,19H,1-2,6H2,(H2,15,17). The first-order valence-corrected chi connectivity index (χ1v) is 5.97. The van der Waals surface area contributed by atoms with Crippen molar-refractivity contribution in [2.75, 3.05) is 6.54 Å². The molecule has 0 spiro atoms. The van der Waals surface area contributed by atoms with E-state index in [1.54, 1.807) is 0 Å². The highest BCUT2D eigenvalue weighted by molar-refractivity contribution is 6.30. The van der Waals surface area contributed by atoms with Gasteiger partial charge in [-0.3, -0.25) is 9.59 Å². The van der Waals surface area contributed by atoms with Crippen molar-refractivity contribution < 1.29 is 19.1 Å². The summed E-state index contributed by atoms with van der Waals surface area (Å²) in [5, 5.41) is 10.0. The van der Waals surface area contributed by atoms with Gasteiger partial charge in [-0.25, -0.2) is 4.39 Å². The number of likely N-dealkylation sites (tertiary alicyclic amines) is 1. The maximum atomic E-state index is 13.2. The predicted molar refractivity (Wildman–Crippen MR) is 65.6 cm³/mol. The first kappa shape index (κ1) is 13.8. The molecule has 0 radical (unpaired) electrons. The number of benzene rings is 1. The van der Waals surface area contributed by atoms with Crippen LogP contribution in [0.5, 0.6) is 0 Å². The van der Waals surface area contributed by atoms with Crippen molar-refractivity contribution in [1.82, 2.24) is 4.90 Å². The molecule has 102 valence electrons. The summed E-state index contributed by atoms with van der Waals surface area (Å²) in [6.07, 6.45) is -0.0653. The van der Waals surface area contributed by atoms with Crippen molar-refractivity contribution in [2.24, 2.45) is 5.73 Å². The van der Waals surface area contributed by atoms with Crippen molar-refractivity contribution in [3.63, 3.8) is 0 Å². The highest BCUT2D eigenvalue weighted by Crippen LogP contribution is 2.25. The van der Waals surface area contributed by atoms with E-state index in [1.165, 1.54) is 17.0 Å². The minimum absolute atomic E-state index is 0.0614. The predicted octanol–water partition coefficient (Wildman–Crippen LogP) is 0.428. The van der Waals surface area contributed by atoms with Crippen LogP contribution in [0.1, 0.15) is 12.0 Å². The van der Waals surface area contributed by atoms with Crippen LogP contribution in [0.25, 0.3) is 0 Å². The largest absolute Gasteiger partial charge is 0.372 e. The molecule has 5 nitrogen and oxygen atoms in total. The van der Waals surface area contributed by atoms with Crippen LogP contribution in [0.15, 0.2) is 18.2 Å². The summed E-state index contributed by atoms with van der Waals surface area (Å²) in [6, 6.07) is 3.90. The Bertz CT molecular complexity index is 532. The summed E-state index contributed by atoms with van der Waals surface area (Å²) in [6.45, 7) is 0.234. The number of hydrogen-bond acceptors (Lipinski definition) is 3. The number of hydrogen-bond donors (Lipinski definition) is 2. The van der Waals surface area contributed by atoms with E-state index in [0.717, 1.165) is 6.07 Å². The lowest BCUT2D eigenvalue weighted by molar-refractivity contribution is -0.152. The zero-order valence-corrected chi connectivity index (χ0v) is 10.7. The second-order valence-corrected chi connectivity index (χ2v) is 4.92. The Hall–Kier alpha value is -1.66. The molecule has 3 N–H and O–H groups in total. The van der Waals surface area contributed by atoms with Gasteiger partial charge in [0.05, 0.1) is 0 Å². The molecule has 2 rings (SSSR count). The molecule has 1 unspecified atom stereocenters. The van der Waals surface area contributed by atoms with Gasteiger partial charge in [-0.05, 0) is 23.8 Å². The summed E-state index contributed by atoms with van der Waals surface area (Å²) in [5.74, 6) is -2.35. The van der Waals surface area contributed by atoms with Gasteiger partial charge in [-0.15, -0.1) is 0 Å². The molecule has 2 amide bonds. The smallest absolute Gasteiger partial charge is 0.264 e. The van der Waals surface area contributed by atoms with Gasteiger partial charge in [0, 0.05) is 24.5 Å². The third-order valence-corrected chi connectivity index (χ3v) is 3.31. The number of amides is 2. The molecule has 0 saturated carbocycles. The van der Waals surface area contributed by atoms with Gasteiger partial charge in [0.1, 0.15) is 5.82 Å². The maximum absolute atomic E-state index is 13.2. The van der Waals surface area contributed by atoms with Crippen LogP contribution in [-0.4, -0.2) is 34.0 Å². The van der Waals surface area contributed by atoms with Gasteiger partial charge < -0.3 is 15.7 Å². The van der Waals surface area contributed by atoms with Gasteiger partial charge in [-0.1, -0.05) is 11.6 Å². The van der Waals surface area contributed by atoms with Crippen LogP contribution in [0.2, 0.25) is 5.02 Å². The maximum Gasteiger partial charge on any atom is 0.264 e. The zero-order chi connectivity index (χ0) is 14.2. The summed E-state index contributed by atoms with van der Waals surface area (Å²) in [7, 11) is 0. The Balaban J connectivity index is 2.17. The van der Waals surface area contributed by atoms with Crippen LogP contribution in [0.3, 0.4) is 0 Å². The van der Waals surface area contributed by atoms with E-state index in [2.05, 4.69) is 0 Å². The number of primary amides is 1. The summed E-state index contributed by atoms with van der Waals surface area (Å²) in [5.41, 5.74) is 3.33. The molecule has 7 heteroatoms. The molecule has 1 aromatic rings. The zero-order valence-electron chi connectivity index (χ0n) is 9.90. The van der Waals surface area contributed by atoms with Gasteiger partial charge in [0.25, 0.3) is 11.8 Å². The average molecular weight is 287 g/mol. The van der Waals surface area contributed by atoms with Crippen LogP contribution < -0.4 is 5.73 Å². The first-order chi connectivity index (χ1) is 8.83. The van der Waals surface area contributed by atoms with E-state index in [0.29, 0.717) is 5.56 Å². The second-order valence-electron chi connectivity index (χ2n) is 4.48. The fraction of sp³-hybridized carbons (Fsp3) is 0.333. The van der Waals surface area contributed by atoms with Gasteiger partial charge in [0.2, 0.25) is 5.60 Å². The first-order valence-electron chi connectivity index (χ1n) is 5.59. The van der Waals surface area contributed by atoms with Gasteiger partial charge >= 0.3 is 0 Å². The lowest BCUT2D eigenvalue weighted by atomic mass is 10.0. The Labute approximate surface area is 113 Å². The quantitative estimate of drug-likeness (QED) is 0.790. The number of rotatable bonds is 3. The molecular formula is C12H12ClFN2O3. The number of nitrogens with zero attached hydrogens (tertiary/aromatic N) is 1. The van der Waals surface area contributed by atoms with Crippen molar-refractivity contribution >= 4 is 23.4 Å². The lowest BCUT2D eigenvalue weighted by Gasteiger charge is -2.19. The average Bonchev–Trinajstić information content (AvgIpc) is 2.57. The molecule has 1 aromatic carbocycles. The van der Waals surface area contributed by atoms with E-state index in [1.807, 2.05) is 0 Å². The van der Waals surface area contributed by atoms with Gasteiger partial charge in [0.15, 0.2) is 0 Å². The molecule has 0 aromatic heterocycles. The van der Waals surface area contributed by atoms with Crippen LogP contribution >= 0.6 is 11.6 Å². The fourth-order valence-corrected chi connectivity index (χ4v) is 2.31. The molecule has 1 fully saturated rings. The summed E-state index contributed by atoms with van der Waals surface area (Å²) < 4.78 is 13.2. The van der Waals surface area contributed by atoms with Crippen LogP contribution in [-0.2, 0) is 16.1 Å². The van der Waals surface area contributed by atoms with Crippen molar-refractivity contribution in [3.05, 3.63) is 34.6 Å². The minimum atomic E-state index is -2.16. The number of halogens is 2. The summed E-state index contributed by atoms with van der Waals surface area (Å²) >= 11 is 5.71. The lowest BCUT2D eigenvalue weighted by Crippen LogP contribution is -2.50. The number of nitrogens with two attached hydrogens (primary N) is 1. The highest BCUT2D eigenvalue weighted by atomic mass is 35.5. The van der Waals surface area contributed by atoms with E-state index in [-0.39, 0.29) is 24.5 Å².